The second-order valence-corrected chi connectivity index (χ2v) is 5.18. The third kappa shape index (κ3) is 3.11. The van der Waals surface area contributed by atoms with E-state index in [1.54, 1.807) is 0 Å². The second-order valence-electron chi connectivity index (χ2n) is 5.18. The van der Waals surface area contributed by atoms with Gasteiger partial charge in [-0.3, -0.25) is 9.69 Å². The summed E-state index contributed by atoms with van der Waals surface area (Å²) in [4.78, 5) is 14.3. The zero-order chi connectivity index (χ0) is 13.8. The number of nitrogens with zero attached hydrogens (tertiary/aromatic N) is 1. The maximum atomic E-state index is 12.2. The molecular weight excluding hydrogens is 256 g/mol. The van der Waals surface area contributed by atoms with Gasteiger partial charge in [0.2, 0.25) is 5.91 Å². The van der Waals surface area contributed by atoms with E-state index in [9.17, 15) is 4.79 Å². The molecule has 1 atom stereocenters. The predicted molar refractivity (Wildman–Crippen MR) is 74.7 cm³/mol. The highest BCUT2D eigenvalue weighted by atomic mass is 16.5. The minimum atomic E-state index is 0.0634. The number of amides is 1. The average Bonchev–Trinajstić information content (AvgIpc) is 2.48. The molecule has 20 heavy (non-hydrogen) atoms. The lowest BCUT2D eigenvalue weighted by atomic mass is 10.0. The highest BCUT2D eigenvalue weighted by molar-refractivity contribution is 5.78. The summed E-state index contributed by atoms with van der Waals surface area (Å²) in [6.07, 6.45) is 0.825. The molecule has 1 aromatic carbocycles. The van der Waals surface area contributed by atoms with Crippen molar-refractivity contribution in [3.8, 4) is 5.75 Å². The average molecular weight is 276 g/mol. The molecule has 0 bridgehead atoms. The molecule has 0 spiro atoms. The lowest BCUT2D eigenvalue weighted by Crippen LogP contribution is -2.44. The summed E-state index contributed by atoms with van der Waals surface area (Å²) in [5, 5.41) is 3.12. The van der Waals surface area contributed by atoms with Crippen molar-refractivity contribution in [2.45, 2.75) is 12.5 Å². The normalized spacial score (nSPS) is 22.7. The van der Waals surface area contributed by atoms with E-state index < -0.39 is 0 Å². The van der Waals surface area contributed by atoms with Crippen molar-refractivity contribution in [2.75, 3.05) is 39.5 Å². The van der Waals surface area contributed by atoms with Gasteiger partial charge in [0.15, 0.2) is 0 Å². The predicted octanol–water partition coefficient (Wildman–Crippen LogP) is 0.959. The molecule has 1 unspecified atom stereocenters. The Morgan fingerprint density at radius 1 is 1.25 bits per heavy atom. The lowest BCUT2D eigenvalue weighted by Gasteiger charge is -2.29. The van der Waals surface area contributed by atoms with Gasteiger partial charge in [-0.25, -0.2) is 0 Å². The fourth-order valence-electron chi connectivity index (χ4n) is 2.69. The van der Waals surface area contributed by atoms with E-state index >= 15 is 0 Å². The summed E-state index contributed by atoms with van der Waals surface area (Å²) in [5.41, 5.74) is 1.08. The van der Waals surface area contributed by atoms with E-state index in [1.165, 1.54) is 0 Å². The third-order valence-corrected chi connectivity index (χ3v) is 3.76. The zero-order valence-electron chi connectivity index (χ0n) is 11.5. The number of nitrogens with one attached hydrogen (secondary N) is 1. The first-order valence-electron chi connectivity index (χ1n) is 7.14. The van der Waals surface area contributed by atoms with Gasteiger partial charge in [-0.2, -0.15) is 0 Å². The first-order valence-corrected chi connectivity index (χ1v) is 7.14. The molecule has 2 heterocycles. The van der Waals surface area contributed by atoms with E-state index in [1.807, 2.05) is 24.3 Å². The number of ether oxygens (including phenoxy) is 2. The van der Waals surface area contributed by atoms with Crippen LogP contribution in [0.5, 0.6) is 5.75 Å². The summed E-state index contributed by atoms with van der Waals surface area (Å²) in [7, 11) is 0. The molecule has 5 nitrogen and oxygen atoms in total. The Balaban J connectivity index is 1.59. The number of hydrogen-bond donors (Lipinski definition) is 1. The molecule has 1 aromatic rings. The van der Waals surface area contributed by atoms with Gasteiger partial charge in [0.05, 0.1) is 32.4 Å². The van der Waals surface area contributed by atoms with Gasteiger partial charge in [-0.15, -0.1) is 0 Å². The summed E-state index contributed by atoms with van der Waals surface area (Å²) in [6, 6.07) is 7.98. The number of morpholine rings is 1. The largest absolute Gasteiger partial charge is 0.493 e. The van der Waals surface area contributed by atoms with Gasteiger partial charge in [0.1, 0.15) is 5.75 Å². The van der Waals surface area contributed by atoms with E-state index in [2.05, 4.69) is 10.2 Å². The molecule has 2 aliphatic heterocycles. The Hall–Kier alpha value is -1.59. The van der Waals surface area contributed by atoms with E-state index in [0.29, 0.717) is 26.4 Å². The van der Waals surface area contributed by atoms with Gasteiger partial charge in [-0.05, 0) is 6.07 Å². The van der Waals surface area contributed by atoms with Crippen LogP contribution in [0, 0.1) is 0 Å². The van der Waals surface area contributed by atoms with Crippen LogP contribution in [-0.2, 0) is 9.53 Å². The zero-order valence-corrected chi connectivity index (χ0v) is 11.5. The number of carbonyl (C=O) groups is 1. The SMILES string of the molecule is O=C(CN1CCOCC1)NC1CCOc2ccccc21. The van der Waals surface area contributed by atoms with Crippen LogP contribution in [-0.4, -0.2) is 50.3 Å². The molecule has 1 N–H and O–H groups in total. The Labute approximate surface area is 118 Å². The summed E-state index contributed by atoms with van der Waals surface area (Å²) >= 11 is 0. The van der Waals surface area contributed by atoms with E-state index in [4.69, 9.17) is 9.47 Å². The van der Waals surface area contributed by atoms with Gasteiger partial charge >= 0.3 is 0 Å². The maximum absolute atomic E-state index is 12.2. The molecule has 0 radical (unpaired) electrons. The highest BCUT2D eigenvalue weighted by Gasteiger charge is 2.23. The van der Waals surface area contributed by atoms with E-state index in [0.717, 1.165) is 30.8 Å². The van der Waals surface area contributed by atoms with Crippen molar-refractivity contribution in [1.82, 2.24) is 10.2 Å². The molecule has 2 aliphatic rings. The van der Waals surface area contributed by atoms with Crippen molar-refractivity contribution >= 4 is 5.91 Å². The third-order valence-electron chi connectivity index (χ3n) is 3.76. The lowest BCUT2D eigenvalue weighted by molar-refractivity contribution is -0.124. The minimum absolute atomic E-state index is 0.0634. The van der Waals surface area contributed by atoms with E-state index in [-0.39, 0.29) is 11.9 Å². The van der Waals surface area contributed by atoms with Crippen LogP contribution < -0.4 is 10.1 Å². The van der Waals surface area contributed by atoms with Crippen molar-refractivity contribution in [3.05, 3.63) is 29.8 Å². The molecule has 3 rings (SSSR count). The van der Waals surface area contributed by atoms with Crippen molar-refractivity contribution in [1.29, 1.82) is 0 Å². The smallest absolute Gasteiger partial charge is 0.234 e. The first kappa shape index (κ1) is 13.4. The Morgan fingerprint density at radius 3 is 2.90 bits per heavy atom. The summed E-state index contributed by atoms with van der Waals surface area (Å²) in [5.74, 6) is 0.962. The standard InChI is InChI=1S/C15H20N2O3/c18-15(11-17-6-9-19-10-7-17)16-13-5-8-20-14-4-2-1-3-12(13)14/h1-4,13H,5-11H2,(H,16,18). The van der Waals surface area contributed by atoms with Crippen LogP contribution in [0.25, 0.3) is 0 Å². The Kier molecular flexibility index (Phi) is 4.18. The number of carbonyl (C=O) groups excluding carboxylic acids is 1. The molecule has 0 aliphatic carbocycles. The van der Waals surface area contributed by atoms with Crippen LogP contribution in [0.15, 0.2) is 24.3 Å². The minimum Gasteiger partial charge on any atom is -0.493 e. The van der Waals surface area contributed by atoms with Crippen LogP contribution >= 0.6 is 0 Å². The molecule has 5 heteroatoms. The van der Waals surface area contributed by atoms with Gasteiger partial charge < -0.3 is 14.8 Å². The molecule has 1 amide bonds. The monoisotopic (exact) mass is 276 g/mol. The van der Waals surface area contributed by atoms with Crippen molar-refractivity contribution in [3.63, 3.8) is 0 Å². The number of hydrogen-bond acceptors (Lipinski definition) is 4. The molecular formula is C15H20N2O3. The highest BCUT2D eigenvalue weighted by Crippen LogP contribution is 2.31. The molecule has 0 saturated carbocycles. The molecule has 108 valence electrons. The molecule has 1 fully saturated rings. The fourth-order valence-corrected chi connectivity index (χ4v) is 2.69. The molecule has 1 saturated heterocycles. The number of benzene rings is 1. The summed E-state index contributed by atoms with van der Waals surface area (Å²) < 4.78 is 10.9. The van der Waals surface area contributed by atoms with Gasteiger partial charge in [-0.1, -0.05) is 18.2 Å². The first-order chi connectivity index (χ1) is 9.83. The van der Waals surface area contributed by atoms with Crippen LogP contribution in [0.4, 0.5) is 0 Å². The molecule has 0 aromatic heterocycles. The Bertz CT molecular complexity index is 472. The maximum Gasteiger partial charge on any atom is 0.234 e. The van der Waals surface area contributed by atoms with Gasteiger partial charge in [0, 0.05) is 25.1 Å². The quantitative estimate of drug-likeness (QED) is 0.893. The second kappa shape index (κ2) is 6.24. The number of rotatable bonds is 3. The number of fused-ring (bicyclic) bond motifs is 1. The summed E-state index contributed by atoms with van der Waals surface area (Å²) in [6.45, 7) is 4.19. The van der Waals surface area contributed by atoms with Crippen LogP contribution in [0.1, 0.15) is 18.0 Å². The fraction of sp³-hybridized carbons (Fsp3) is 0.533. The van der Waals surface area contributed by atoms with Crippen molar-refractivity contribution in [2.24, 2.45) is 0 Å². The van der Waals surface area contributed by atoms with Crippen LogP contribution in [0.2, 0.25) is 0 Å². The number of para-hydroxylation sites is 1. The Morgan fingerprint density at radius 2 is 2.05 bits per heavy atom. The van der Waals surface area contributed by atoms with Gasteiger partial charge in [0.25, 0.3) is 0 Å². The van der Waals surface area contributed by atoms with Crippen molar-refractivity contribution < 1.29 is 14.3 Å². The topological polar surface area (TPSA) is 50.8 Å². The van der Waals surface area contributed by atoms with Crippen LogP contribution in [0.3, 0.4) is 0 Å².